The van der Waals surface area contributed by atoms with Gasteiger partial charge in [0.1, 0.15) is 11.4 Å². The van der Waals surface area contributed by atoms with Crippen molar-refractivity contribution in [3.05, 3.63) is 53.7 Å². The van der Waals surface area contributed by atoms with E-state index in [2.05, 4.69) is 21.6 Å². The summed E-state index contributed by atoms with van der Waals surface area (Å²) in [6, 6.07) is 11.1. The van der Waals surface area contributed by atoms with E-state index in [9.17, 15) is 9.18 Å². The zero-order valence-corrected chi connectivity index (χ0v) is 16.9. The average molecular weight is 398 g/mol. The molecule has 1 N–H and O–H groups in total. The molecule has 0 radical (unpaired) electrons. The highest BCUT2D eigenvalue weighted by Crippen LogP contribution is 2.23. The topological polar surface area (TPSA) is 67.3 Å². The first-order chi connectivity index (χ1) is 13.9. The van der Waals surface area contributed by atoms with Crippen molar-refractivity contribution in [3.8, 4) is 5.75 Å². The molecule has 1 saturated heterocycles. The summed E-state index contributed by atoms with van der Waals surface area (Å²) in [5, 5.41) is 10.4. The van der Waals surface area contributed by atoms with Crippen molar-refractivity contribution >= 4 is 17.9 Å². The third kappa shape index (κ3) is 6.85. The molecule has 1 fully saturated rings. The molecule has 154 valence electrons. The lowest BCUT2D eigenvalue weighted by Gasteiger charge is -2.28. The van der Waals surface area contributed by atoms with Crippen molar-refractivity contribution in [2.45, 2.75) is 38.8 Å². The Labute approximate surface area is 170 Å². The number of piperidine rings is 1. The number of urea groups is 1. The molecule has 2 amide bonds. The maximum atomic E-state index is 13.6. The molecule has 0 unspecified atom stereocenters. The summed E-state index contributed by atoms with van der Waals surface area (Å²) in [7, 11) is 0. The Morgan fingerprint density at radius 3 is 2.76 bits per heavy atom. The number of rotatable bonds is 6. The number of anilines is 1. The summed E-state index contributed by atoms with van der Waals surface area (Å²) in [6.07, 6.45) is 5.69. The van der Waals surface area contributed by atoms with Crippen molar-refractivity contribution in [1.82, 2.24) is 15.1 Å². The molecule has 1 aromatic carbocycles. The van der Waals surface area contributed by atoms with Gasteiger partial charge in [0.25, 0.3) is 0 Å². The van der Waals surface area contributed by atoms with Crippen molar-refractivity contribution in [2.24, 2.45) is 0 Å². The highest BCUT2D eigenvalue weighted by Gasteiger charge is 2.19. The van der Waals surface area contributed by atoms with Gasteiger partial charge in [-0.3, -0.25) is 5.32 Å². The Morgan fingerprint density at radius 1 is 1.28 bits per heavy atom. The molecule has 29 heavy (non-hydrogen) atoms. The van der Waals surface area contributed by atoms with Gasteiger partial charge in [-0.15, -0.1) is 5.10 Å². The molecule has 1 aromatic heterocycles. The lowest BCUT2D eigenvalue weighted by atomic mass is 10.0. The molecule has 1 aliphatic rings. The van der Waals surface area contributed by atoms with E-state index in [4.69, 9.17) is 4.74 Å². The van der Waals surface area contributed by atoms with Gasteiger partial charge in [0.2, 0.25) is 0 Å². The van der Waals surface area contributed by atoms with E-state index >= 15 is 0 Å². The van der Waals surface area contributed by atoms with Crippen molar-refractivity contribution < 1.29 is 13.9 Å². The van der Waals surface area contributed by atoms with Gasteiger partial charge in [0.15, 0.2) is 5.82 Å². The minimum Gasteiger partial charge on any atom is -0.493 e. The van der Waals surface area contributed by atoms with Gasteiger partial charge < -0.3 is 9.64 Å². The van der Waals surface area contributed by atoms with Crippen LogP contribution < -0.4 is 10.1 Å². The van der Waals surface area contributed by atoms with Crippen LogP contribution in [0.4, 0.5) is 15.0 Å². The maximum Gasteiger partial charge on any atom is 0.323 e. The van der Waals surface area contributed by atoms with E-state index in [-0.39, 0.29) is 6.03 Å². The first-order valence-corrected chi connectivity index (χ1v) is 9.84. The van der Waals surface area contributed by atoms with Crippen LogP contribution in [0.2, 0.25) is 0 Å². The molecular weight excluding hydrogens is 371 g/mol. The van der Waals surface area contributed by atoms with Gasteiger partial charge in [-0.25, -0.2) is 9.18 Å². The van der Waals surface area contributed by atoms with Crippen LogP contribution >= 0.6 is 0 Å². The minimum absolute atomic E-state index is 0.157. The Kier molecular flexibility index (Phi) is 6.80. The predicted octanol–water partition coefficient (Wildman–Crippen LogP) is 4.70. The van der Waals surface area contributed by atoms with Gasteiger partial charge in [0, 0.05) is 25.7 Å². The molecule has 3 rings (SSSR count). The van der Waals surface area contributed by atoms with Crippen LogP contribution in [-0.4, -0.2) is 46.5 Å². The summed E-state index contributed by atoms with van der Waals surface area (Å²) in [6.45, 7) is 4.76. The second kappa shape index (κ2) is 9.49. The maximum absolute atomic E-state index is 13.6. The number of amides is 2. The number of nitrogens with zero attached hydrogens (tertiary/aromatic N) is 3. The summed E-state index contributed by atoms with van der Waals surface area (Å²) < 4.78 is 19.2. The van der Waals surface area contributed by atoms with E-state index < -0.39 is 5.67 Å². The molecule has 0 bridgehead atoms. The fourth-order valence-corrected chi connectivity index (χ4v) is 3.04. The van der Waals surface area contributed by atoms with E-state index in [0.29, 0.717) is 31.9 Å². The number of carbonyl (C=O) groups excluding carboxylic acids is 1. The monoisotopic (exact) mass is 398 g/mol. The molecule has 0 atom stereocenters. The summed E-state index contributed by atoms with van der Waals surface area (Å²) >= 11 is 0. The molecule has 2 aromatic rings. The van der Waals surface area contributed by atoms with E-state index in [1.165, 1.54) is 5.57 Å². The molecule has 2 heterocycles. The van der Waals surface area contributed by atoms with Gasteiger partial charge in [-0.1, -0.05) is 23.8 Å². The van der Waals surface area contributed by atoms with Crippen LogP contribution in [0.3, 0.4) is 0 Å². The number of alkyl halides is 1. The molecular formula is C22H27FN4O2. The number of likely N-dealkylation sites (tertiary alicyclic amines) is 1. The fourth-order valence-electron chi connectivity index (χ4n) is 3.04. The second-order valence-corrected chi connectivity index (χ2v) is 7.72. The molecule has 6 nitrogen and oxygen atoms in total. The van der Waals surface area contributed by atoms with Crippen LogP contribution in [-0.2, 0) is 0 Å². The highest BCUT2D eigenvalue weighted by molar-refractivity contribution is 5.88. The van der Waals surface area contributed by atoms with E-state index in [0.717, 1.165) is 24.2 Å². The number of hydrogen-bond donors (Lipinski definition) is 1. The van der Waals surface area contributed by atoms with Crippen molar-refractivity contribution in [2.75, 3.05) is 25.0 Å². The lowest BCUT2D eigenvalue weighted by molar-refractivity contribution is 0.161. The number of hydrogen-bond acceptors (Lipinski definition) is 4. The van der Waals surface area contributed by atoms with Crippen LogP contribution in [0, 0.1) is 0 Å². The summed E-state index contributed by atoms with van der Waals surface area (Å²) in [5.74, 6) is 1.19. The van der Waals surface area contributed by atoms with E-state index in [1.54, 1.807) is 37.1 Å². The quantitative estimate of drug-likeness (QED) is 0.766. The van der Waals surface area contributed by atoms with Gasteiger partial charge in [-0.2, -0.15) is 5.10 Å². The Hall–Kier alpha value is -2.96. The van der Waals surface area contributed by atoms with Crippen LogP contribution in [0.5, 0.6) is 5.75 Å². The molecule has 7 heteroatoms. The zero-order chi connectivity index (χ0) is 20.7. The minimum atomic E-state index is -1.23. The highest BCUT2D eigenvalue weighted by atomic mass is 19.1. The Bertz CT molecular complexity index is 839. The first-order valence-electron chi connectivity index (χ1n) is 9.84. The second-order valence-electron chi connectivity index (χ2n) is 7.72. The Morgan fingerprint density at radius 2 is 2.07 bits per heavy atom. The third-order valence-electron chi connectivity index (χ3n) is 4.69. The number of benzene rings is 1. The number of carbonyl (C=O) groups is 1. The zero-order valence-electron chi connectivity index (χ0n) is 16.9. The standard InChI is InChI=1S/C22H27FN4O2/c1-22(2,23)10-14-29-19-6-3-5-18(16-19)15-17-8-12-27(13-9-17)21(28)25-20-7-4-11-24-26-20/h3-7,11,15-16H,8-10,12-14H2,1-2H3,(H,25,26,28). The fraction of sp³-hybridized carbons (Fsp3) is 0.409. The first kappa shape index (κ1) is 20.8. The third-order valence-corrected chi connectivity index (χ3v) is 4.69. The van der Waals surface area contributed by atoms with Crippen molar-refractivity contribution in [3.63, 3.8) is 0 Å². The molecule has 1 aliphatic heterocycles. The van der Waals surface area contributed by atoms with Crippen LogP contribution in [0.1, 0.15) is 38.7 Å². The normalized spacial score (nSPS) is 14.4. The summed E-state index contributed by atoms with van der Waals surface area (Å²) in [5.41, 5.74) is 1.11. The predicted molar refractivity (Wildman–Crippen MR) is 112 cm³/mol. The SMILES string of the molecule is CC(C)(F)CCOc1cccc(C=C2CCN(C(=O)Nc3cccnn3)CC2)c1. The van der Waals surface area contributed by atoms with Crippen LogP contribution in [0.25, 0.3) is 6.08 Å². The lowest BCUT2D eigenvalue weighted by Crippen LogP contribution is -2.39. The molecule has 0 saturated carbocycles. The van der Waals surface area contributed by atoms with Crippen LogP contribution in [0.15, 0.2) is 48.2 Å². The smallest absolute Gasteiger partial charge is 0.323 e. The Balaban J connectivity index is 1.51. The average Bonchev–Trinajstić information content (AvgIpc) is 2.69. The van der Waals surface area contributed by atoms with Gasteiger partial charge in [-0.05, 0) is 56.5 Å². The summed E-state index contributed by atoms with van der Waals surface area (Å²) in [4.78, 5) is 14.1. The largest absolute Gasteiger partial charge is 0.493 e. The number of aromatic nitrogens is 2. The number of halogens is 1. The molecule has 0 aliphatic carbocycles. The van der Waals surface area contributed by atoms with Gasteiger partial charge in [0.05, 0.1) is 6.61 Å². The van der Waals surface area contributed by atoms with Gasteiger partial charge >= 0.3 is 6.03 Å². The van der Waals surface area contributed by atoms with Crippen molar-refractivity contribution in [1.29, 1.82) is 0 Å². The van der Waals surface area contributed by atoms with E-state index in [1.807, 2.05) is 24.3 Å². The number of ether oxygens (including phenoxy) is 1. The number of nitrogens with one attached hydrogen (secondary N) is 1. The molecule has 0 spiro atoms.